The van der Waals surface area contributed by atoms with Crippen molar-refractivity contribution in [2.75, 3.05) is 19.0 Å². The van der Waals surface area contributed by atoms with Crippen molar-refractivity contribution in [2.24, 2.45) is 7.05 Å². The van der Waals surface area contributed by atoms with E-state index in [-0.39, 0.29) is 23.8 Å². The van der Waals surface area contributed by atoms with Crippen molar-refractivity contribution < 1.29 is 9.90 Å². The molecule has 2 heterocycles. The van der Waals surface area contributed by atoms with Gasteiger partial charge in [-0.15, -0.1) is 0 Å². The second-order valence-corrected chi connectivity index (χ2v) is 8.51. The quantitative estimate of drug-likeness (QED) is 0.392. The van der Waals surface area contributed by atoms with Gasteiger partial charge in [0.15, 0.2) is 5.78 Å². The van der Waals surface area contributed by atoms with E-state index in [2.05, 4.69) is 10.3 Å². The van der Waals surface area contributed by atoms with Crippen LogP contribution in [0.4, 0.5) is 5.69 Å². The lowest BCUT2D eigenvalue weighted by Gasteiger charge is -2.21. The summed E-state index contributed by atoms with van der Waals surface area (Å²) in [6.07, 6.45) is 3.47. The number of benzene rings is 2. The van der Waals surface area contributed by atoms with Gasteiger partial charge in [0, 0.05) is 63.6 Å². The standard InChI is InChI=1S/C27H28N4O3/c1-30(2)20-10-8-19(9-11-20)22(29-17-18-12-14-28-15-13-18)16-24(32)25-26(33)21-6-4-5-7-23(21)31(3)27(25)34/h4-15,22,29,33H,16-17H2,1-3H3. The number of aromatic hydroxyl groups is 1. The molecule has 2 aromatic carbocycles. The number of carbonyl (C=O) groups is 1. The number of ketones is 1. The van der Waals surface area contributed by atoms with Gasteiger partial charge in [-0.05, 0) is 47.5 Å². The maximum Gasteiger partial charge on any atom is 0.265 e. The van der Waals surface area contributed by atoms with E-state index in [1.54, 1.807) is 43.7 Å². The molecule has 34 heavy (non-hydrogen) atoms. The van der Waals surface area contributed by atoms with Crippen LogP contribution in [0.15, 0.2) is 77.9 Å². The van der Waals surface area contributed by atoms with Crippen LogP contribution in [0.25, 0.3) is 10.9 Å². The number of hydrogen-bond acceptors (Lipinski definition) is 6. The van der Waals surface area contributed by atoms with E-state index in [0.717, 1.165) is 16.8 Å². The number of Topliss-reactive ketones (excluding diaryl/α,β-unsaturated/α-hetero) is 1. The Morgan fingerprint density at radius 1 is 1.06 bits per heavy atom. The number of aromatic nitrogens is 2. The topological polar surface area (TPSA) is 87.5 Å². The molecule has 1 atom stereocenters. The molecule has 174 valence electrons. The number of nitrogens with zero attached hydrogens (tertiary/aromatic N) is 3. The fourth-order valence-electron chi connectivity index (χ4n) is 4.07. The summed E-state index contributed by atoms with van der Waals surface area (Å²) in [6, 6.07) is 18.4. The van der Waals surface area contributed by atoms with Crippen molar-refractivity contribution in [3.8, 4) is 5.75 Å². The number of aryl methyl sites for hydroxylation is 1. The molecule has 0 saturated heterocycles. The molecule has 4 rings (SSSR count). The Bertz CT molecular complexity index is 1360. The highest BCUT2D eigenvalue weighted by Crippen LogP contribution is 2.29. The molecule has 1 unspecified atom stereocenters. The third-order valence-electron chi connectivity index (χ3n) is 6.06. The van der Waals surface area contributed by atoms with Crippen molar-refractivity contribution in [2.45, 2.75) is 19.0 Å². The number of nitrogens with one attached hydrogen (secondary N) is 1. The van der Waals surface area contributed by atoms with Crippen LogP contribution in [0.3, 0.4) is 0 Å². The van der Waals surface area contributed by atoms with Gasteiger partial charge in [0.05, 0.1) is 5.52 Å². The number of rotatable bonds is 8. The third-order valence-corrected chi connectivity index (χ3v) is 6.06. The summed E-state index contributed by atoms with van der Waals surface area (Å²) in [6.45, 7) is 0.525. The van der Waals surface area contributed by atoms with Gasteiger partial charge in [0.1, 0.15) is 11.3 Å². The fraction of sp³-hybridized carbons (Fsp3) is 0.222. The van der Waals surface area contributed by atoms with E-state index in [9.17, 15) is 14.7 Å². The summed E-state index contributed by atoms with van der Waals surface area (Å²) in [5.41, 5.74) is 2.89. The van der Waals surface area contributed by atoms with E-state index in [0.29, 0.717) is 17.4 Å². The van der Waals surface area contributed by atoms with Crippen molar-refractivity contribution in [3.05, 3.63) is 100 Å². The molecule has 2 aromatic heterocycles. The lowest BCUT2D eigenvalue weighted by molar-refractivity contribution is 0.0964. The lowest BCUT2D eigenvalue weighted by atomic mass is 9.96. The molecule has 0 aliphatic rings. The van der Waals surface area contributed by atoms with Crippen molar-refractivity contribution in [1.29, 1.82) is 0 Å². The second kappa shape index (κ2) is 9.89. The molecule has 4 aromatic rings. The van der Waals surface area contributed by atoms with Crippen molar-refractivity contribution >= 4 is 22.4 Å². The van der Waals surface area contributed by atoms with Gasteiger partial charge in [-0.2, -0.15) is 0 Å². The highest BCUT2D eigenvalue weighted by atomic mass is 16.3. The number of carbonyl (C=O) groups excluding carboxylic acids is 1. The van der Waals surface area contributed by atoms with Crippen molar-refractivity contribution in [1.82, 2.24) is 14.9 Å². The summed E-state index contributed by atoms with van der Waals surface area (Å²) in [5, 5.41) is 14.8. The summed E-state index contributed by atoms with van der Waals surface area (Å²) in [5.74, 6) is -0.674. The molecule has 7 heteroatoms. The Morgan fingerprint density at radius 3 is 2.41 bits per heavy atom. The van der Waals surface area contributed by atoms with Crippen LogP contribution >= 0.6 is 0 Å². The first-order valence-corrected chi connectivity index (χ1v) is 11.1. The Morgan fingerprint density at radius 2 is 1.74 bits per heavy atom. The third kappa shape index (κ3) is 4.70. The summed E-state index contributed by atoms with van der Waals surface area (Å²) in [4.78, 5) is 32.5. The molecule has 0 aliphatic heterocycles. The zero-order chi connectivity index (χ0) is 24.2. The molecular formula is C27H28N4O3. The van der Waals surface area contributed by atoms with Gasteiger partial charge < -0.3 is 19.9 Å². The van der Waals surface area contributed by atoms with E-state index >= 15 is 0 Å². The van der Waals surface area contributed by atoms with Crippen LogP contribution in [0.2, 0.25) is 0 Å². The highest BCUT2D eigenvalue weighted by molar-refractivity contribution is 6.03. The van der Waals surface area contributed by atoms with Crippen LogP contribution in [0.1, 0.15) is 33.9 Å². The van der Waals surface area contributed by atoms with E-state index in [4.69, 9.17) is 0 Å². The van der Waals surface area contributed by atoms with Crippen LogP contribution < -0.4 is 15.8 Å². The molecule has 0 fully saturated rings. The monoisotopic (exact) mass is 456 g/mol. The Kier molecular flexibility index (Phi) is 6.75. The first-order chi connectivity index (χ1) is 16.4. The molecule has 7 nitrogen and oxygen atoms in total. The number of para-hydroxylation sites is 1. The summed E-state index contributed by atoms with van der Waals surface area (Å²) in [7, 11) is 5.55. The van der Waals surface area contributed by atoms with Crippen LogP contribution in [0, 0.1) is 0 Å². The van der Waals surface area contributed by atoms with Gasteiger partial charge in [0.2, 0.25) is 0 Å². The zero-order valence-electron chi connectivity index (χ0n) is 19.5. The molecule has 0 radical (unpaired) electrons. The lowest BCUT2D eigenvalue weighted by Crippen LogP contribution is -2.29. The average Bonchev–Trinajstić information content (AvgIpc) is 2.86. The van der Waals surface area contributed by atoms with Crippen molar-refractivity contribution in [3.63, 3.8) is 0 Å². The van der Waals surface area contributed by atoms with Crippen LogP contribution in [-0.4, -0.2) is 34.5 Å². The van der Waals surface area contributed by atoms with Crippen LogP contribution in [0.5, 0.6) is 5.75 Å². The van der Waals surface area contributed by atoms with E-state index < -0.39 is 11.3 Å². The minimum Gasteiger partial charge on any atom is -0.506 e. The van der Waals surface area contributed by atoms with Gasteiger partial charge in [-0.1, -0.05) is 24.3 Å². The molecule has 2 N–H and O–H groups in total. The molecule has 0 saturated carbocycles. The Hall–Kier alpha value is -3.97. The van der Waals surface area contributed by atoms with Gasteiger partial charge in [-0.25, -0.2) is 0 Å². The maximum atomic E-state index is 13.4. The van der Waals surface area contributed by atoms with Gasteiger partial charge in [0.25, 0.3) is 5.56 Å². The molecular weight excluding hydrogens is 428 g/mol. The number of fused-ring (bicyclic) bond motifs is 1. The molecule has 0 bridgehead atoms. The predicted octanol–water partition coefficient (Wildman–Crippen LogP) is 3.81. The molecule has 0 spiro atoms. The number of hydrogen-bond donors (Lipinski definition) is 2. The number of anilines is 1. The first-order valence-electron chi connectivity index (χ1n) is 11.1. The summed E-state index contributed by atoms with van der Waals surface area (Å²) < 4.78 is 1.41. The molecule has 0 amide bonds. The zero-order valence-corrected chi connectivity index (χ0v) is 19.5. The Balaban J connectivity index is 1.68. The first kappa shape index (κ1) is 23.2. The fourth-order valence-corrected chi connectivity index (χ4v) is 4.07. The largest absolute Gasteiger partial charge is 0.506 e. The summed E-state index contributed by atoms with van der Waals surface area (Å²) >= 11 is 0. The van der Waals surface area contributed by atoms with E-state index in [1.165, 1.54) is 4.57 Å². The average molecular weight is 457 g/mol. The maximum absolute atomic E-state index is 13.4. The van der Waals surface area contributed by atoms with Gasteiger partial charge >= 0.3 is 0 Å². The minimum atomic E-state index is -0.503. The predicted molar refractivity (Wildman–Crippen MR) is 134 cm³/mol. The normalized spacial score (nSPS) is 12.0. The minimum absolute atomic E-state index is 0.0214. The second-order valence-electron chi connectivity index (χ2n) is 8.51. The smallest absolute Gasteiger partial charge is 0.265 e. The Labute approximate surface area is 198 Å². The van der Waals surface area contributed by atoms with Gasteiger partial charge in [-0.3, -0.25) is 14.6 Å². The molecule has 0 aliphatic carbocycles. The number of pyridine rings is 2. The highest BCUT2D eigenvalue weighted by Gasteiger charge is 2.24. The van der Waals surface area contributed by atoms with Crippen LogP contribution in [-0.2, 0) is 13.6 Å². The van der Waals surface area contributed by atoms with E-state index in [1.807, 2.05) is 55.4 Å². The SMILES string of the molecule is CN(C)c1ccc(C(CC(=O)c2c(O)c3ccccc3n(C)c2=O)NCc2ccncc2)cc1.